The van der Waals surface area contributed by atoms with Crippen LogP contribution >= 0.6 is 0 Å². The summed E-state index contributed by atoms with van der Waals surface area (Å²) in [5.41, 5.74) is 19.3. The number of nitrogens with two attached hydrogens (primary N) is 3. The van der Waals surface area contributed by atoms with Crippen molar-refractivity contribution in [2.45, 2.75) is 93.7 Å². The molecule has 6 N–H and O–H groups in total. The highest BCUT2D eigenvalue weighted by Gasteiger charge is 2.38. The van der Waals surface area contributed by atoms with E-state index in [1.165, 1.54) is 0 Å². The van der Waals surface area contributed by atoms with E-state index in [0.717, 1.165) is 74.5 Å². The molecule has 3 aromatic rings. The molecule has 0 aliphatic heterocycles. The second kappa shape index (κ2) is 14.1. The van der Waals surface area contributed by atoms with Crippen molar-refractivity contribution in [2.75, 3.05) is 0 Å². The minimum Gasteiger partial charge on any atom is -0.315 e. The van der Waals surface area contributed by atoms with Gasteiger partial charge < -0.3 is 17.2 Å². The van der Waals surface area contributed by atoms with E-state index >= 15 is 0 Å². The fraction of sp³-hybridized carbons (Fsp3) is 0.417. The van der Waals surface area contributed by atoms with Crippen LogP contribution in [0.25, 0.3) is 0 Å². The van der Waals surface area contributed by atoms with E-state index in [2.05, 4.69) is 0 Å². The summed E-state index contributed by atoms with van der Waals surface area (Å²) in [5, 5.41) is 0. The first-order valence-electron chi connectivity index (χ1n) is 15.3. The summed E-state index contributed by atoms with van der Waals surface area (Å²) in [6.45, 7) is 0. The SMILES string of the molecule is NC1(c2ccccc2)CCCCC1=O.N[C@@]1(c2ccccc2)CCCCC1=O.N[C@]1(c2ccccc2)CCCCC1=O. The molecule has 222 valence electrons. The topological polar surface area (TPSA) is 129 Å². The van der Waals surface area contributed by atoms with E-state index < -0.39 is 16.6 Å². The van der Waals surface area contributed by atoms with Crippen molar-refractivity contribution in [2.24, 2.45) is 17.2 Å². The van der Waals surface area contributed by atoms with Gasteiger partial charge >= 0.3 is 0 Å². The minimum atomic E-state index is -0.709. The largest absolute Gasteiger partial charge is 0.315 e. The van der Waals surface area contributed by atoms with Crippen LogP contribution < -0.4 is 17.2 Å². The fourth-order valence-electron chi connectivity index (χ4n) is 6.28. The Kier molecular flexibility index (Phi) is 10.6. The lowest BCUT2D eigenvalue weighted by Gasteiger charge is -2.32. The Morgan fingerprint density at radius 1 is 0.381 bits per heavy atom. The smallest absolute Gasteiger partial charge is 0.157 e. The molecule has 0 bridgehead atoms. The van der Waals surface area contributed by atoms with Crippen LogP contribution in [-0.2, 0) is 31.0 Å². The molecule has 3 saturated carbocycles. The highest BCUT2D eigenvalue weighted by molar-refractivity contribution is 5.91. The Morgan fingerprint density at radius 3 is 0.833 bits per heavy atom. The third-order valence-electron chi connectivity index (χ3n) is 9.03. The van der Waals surface area contributed by atoms with E-state index in [4.69, 9.17) is 17.2 Å². The Hall–Kier alpha value is -3.45. The predicted octanol–water partition coefficient (Wildman–Crippen LogP) is 5.95. The van der Waals surface area contributed by atoms with Crippen LogP contribution in [0.1, 0.15) is 93.7 Å². The maximum Gasteiger partial charge on any atom is 0.157 e. The average Bonchev–Trinajstić information content (AvgIpc) is 3.04. The van der Waals surface area contributed by atoms with Crippen molar-refractivity contribution >= 4 is 17.3 Å². The summed E-state index contributed by atoms with van der Waals surface area (Å²) in [4.78, 5) is 35.4. The second-order valence-corrected chi connectivity index (χ2v) is 11.9. The van der Waals surface area contributed by atoms with Gasteiger partial charge in [0.1, 0.15) is 16.6 Å². The van der Waals surface area contributed by atoms with Gasteiger partial charge in [0.05, 0.1) is 0 Å². The number of rotatable bonds is 3. The highest BCUT2D eigenvalue weighted by Crippen LogP contribution is 2.33. The fourth-order valence-corrected chi connectivity index (χ4v) is 6.28. The minimum absolute atomic E-state index is 0.190. The quantitative estimate of drug-likeness (QED) is 0.359. The van der Waals surface area contributed by atoms with Gasteiger partial charge in [0, 0.05) is 19.3 Å². The van der Waals surface area contributed by atoms with Gasteiger partial charge in [0.2, 0.25) is 0 Å². The van der Waals surface area contributed by atoms with E-state index in [1.54, 1.807) is 0 Å². The van der Waals surface area contributed by atoms with E-state index in [1.807, 2.05) is 91.0 Å². The van der Waals surface area contributed by atoms with Crippen molar-refractivity contribution in [3.05, 3.63) is 108 Å². The van der Waals surface area contributed by atoms with Gasteiger partial charge in [0.15, 0.2) is 17.3 Å². The number of ketones is 3. The molecule has 42 heavy (non-hydrogen) atoms. The maximum atomic E-state index is 11.8. The summed E-state index contributed by atoms with van der Waals surface area (Å²) in [6, 6.07) is 29.1. The average molecular weight is 568 g/mol. The zero-order chi connectivity index (χ0) is 30.1. The van der Waals surface area contributed by atoms with Crippen LogP contribution in [-0.4, -0.2) is 17.3 Å². The van der Waals surface area contributed by atoms with Crippen LogP contribution in [0.2, 0.25) is 0 Å². The Morgan fingerprint density at radius 2 is 0.619 bits per heavy atom. The van der Waals surface area contributed by atoms with E-state index in [9.17, 15) is 14.4 Å². The normalized spacial score (nSPS) is 27.6. The summed E-state index contributed by atoms with van der Waals surface area (Å²) in [6.07, 6.45) is 10.4. The molecule has 3 aliphatic carbocycles. The molecular formula is C36H45N3O3. The molecule has 0 saturated heterocycles. The number of hydrogen-bond acceptors (Lipinski definition) is 6. The van der Waals surface area contributed by atoms with E-state index in [0.29, 0.717) is 19.3 Å². The van der Waals surface area contributed by atoms with Crippen LogP contribution in [0.5, 0.6) is 0 Å². The van der Waals surface area contributed by atoms with Gasteiger partial charge in [0.25, 0.3) is 0 Å². The van der Waals surface area contributed by atoms with Gasteiger partial charge in [-0.25, -0.2) is 0 Å². The third kappa shape index (κ3) is 7.12. The first-order valence-corrected chi connectivity index (χ1v) is 15.3. The van der Waals surface area contributed by atoms with Gasteiger partial charge in [-0.2, -0.15) is 0 Å². The van der Waals surface area contributed by atoms with E-state index in [-0.39, 0.29) is 17.3 Å². The molecule has 3 aliphatic rings. The van der Waals surface area contributed by atoms with Crippen LogP contribution in [0.15, 0.2) is 91.0 Å². The molecule has 6 nitrogen and oxygen atoms in total. The lowest BCUT2D eigenvalue weighted by Crippen LogP contribution is -2.46. The monoisotopic (exact) mass is 567 g/mol. The lowest BCUT2D eigenvalue weighted by atomic mass is 9.76. The molecule has 0 radical (unpaired) electrons. The lowest BCUT2D eigenvalue weighted by molar-refractivity contribution is -0.127. The van der Waals surface area contributed by atoms with Gasteiger partial charge in [-0.3, -0.25) is 14.4 Å². The molecule has 0 heterocycles. The van der Waals surface area contributed by atoms with Crippen molar-refractivity contribution < 1.29 is 14.4 Å². The standard InChI is InChI=1S/3C12H15NO/c3*13-12(9-5-4-8-11(12)14)10-6-2-1-3-7-10/h3*1-3,6-7H,4-5,8-9,13H2/t2*12-;/m10./s1. The van der Waals surface area contributed by atoms with Crippen LogP contribution in [0.3, 0.4) is 0 Å². The number of Topliss-reactive ketones (excluding diaryl/α,β-unsaturated/α-hetero) is 3. The predicted molar refractivity (Wildman–Crippen MR) is 167 cm³/mol. The molecule has 1 unspecified atom stereocenters. The molecule has 0 aromatic heterocycles. The molecule has 3 aromatic carbocycles. The van der Waals surface area contributed by atoms with Crippen molar-refractivity contribution in [1.29, 1.82) is 0 Å². The highest BCUT2D eigenvalue weighted by atomic mass is 16.1. The third-order valence-corrected chi connectivity index (χ3v) is 9.03. The first kappa shape index (κ1) is 31.5. The zero-order valence-corrected chi connectivity index (χ0v) is 24.6. The molecule has 3 fully saturated rings. The Labute approximate surface area is 250 Å². The Balaban J connectivity index is 0.000000145. The molecule has 6 rings (SSSR count). The van der Waals surface area contributed by atoms with Gasteiger partial charge in [-0.05, 0) is 55.2 Å². The van der Waals surface area contributed by atoms with Gasteiger partial charge in [-0.1, -0.05) is 110 Å². The van der Waals surface area contributed by atoms with Crippen molar-refractivity contribution in [1.82, 2.24) is 0 Å². The number of carbonyl (C=O) groups is 3. The maximum absolute atomic E-state index is 11.8. The molecule has 6 heteroatoms. The van der Waals surface area contributed by atoms with Crippen molar-refractivity contribution in [3.8, 4) is 0 Å². The van der Waals surface area contributed by atoms with Crippen molar-refractivity contribution in [3.63, 3.8) is 0 Å². The molecule has 0 amide bonds. The van der Waals surface area contributed by atoms with Crippen LogP contribution in [0.4, 0.5) is 0 Å². The van der Waals surface area contributed by atoms with Gasteiger partial charge in [-0.15, -0.1) is 0 Å². The van der Waals surface area contributed by atoms with Crippen LogP contribution in [0, 0.1) is 0 Å². The number of carbonyl (C=O) groups excluding carboxylic acids is 3. The summed E-state index contributed by atoms with van der Waals surface area (Å²) in [5.74, 6) is 0.569. The summed E-state index contributed by atoms with van der Waals surface area (Å²) >= 11 is 0. The molecular weight excluding hydrogens is 522 g/mol. The summed E-state index contributed by atoms with van der Waals surface area (Å²) in [7, 11) is 0. The number of hydrogen-bond donors (Lipinski definition) is 3. The molecule has 3 atom stereocenters. The zero-order valence-electron chi connectivity index (χ0n) is 24.6. The Bertz CT molecular complexity index is 1170. The second-order valence-electron chi connectivity index (χ2n) is 11.9. The number of benzene rings is 3. The summed E-state index contributed by atoms with van der Waals surface area (Å²) < 4.78 is 0. The molecule has 0 spiro atoms. The first-order chi connectivity index (χ1) is 20.2.